The predicted octanol–water partition coefficient (Wildman–Crippen LogP) is 22.2. The summed E-state index contributed by atoms with van der Waals surface area (Å²) in [5.41, 5.74) is 0. The first-order chi connectivity index (χ1) is 36.0. The van der Waals surface area contributed by atoms with Crippen molar-refractivity contribution in [2.75, 3.05) is 13.2 Å². The van der Waals surface area contributed by atoms with E-state index in [9.17, 15) is 14.4 Å². The quantitative estimate of drug-likeness (QED) is 0.0261. The van der Waals surface area contributed by atoms with Gasteiger partial charge in [0.05, 0.1) is 0 Å². The number of ether oxygens (including phenoxy) is 3. The van der Waals surface area contributed by atoms with Gasteiger partial charge >= 0.3 is 17.9 Å². The molecule has 0 aromatic heterocycles. The van der Waals surface area contributed by atoms with Gasteiger partial charge in [0, 0.05) is 19.3 Å². The maximum absolute atomic E-state index is 12.8. The number of rotatable bonds is 61. The van der Waals surface area contributed by atoms with Crippen molar-refractivity contribution in [3.05, 3.63) is 24.3 Å². The number of allylic oxidation sites excluding steroid dienone is 4. The lowest BCUT2D eigenvalue weighted by Gasteiger charge is -2.18. The highest BCUT2D eigenvalue weighted by atomic mass is 16.6. The highest BCUT2D eigenvalue weighted by molar-refractivity contribution is 5.71. The predicted molar refractivity (Wildman–Crippen MR) is 316 cm³/mol. The molecule has 0 radical (unpaired) electrons. The van der Waals surface area contributed by atoms with Crippen LogP contribution >= 0.6 is 0 Å². The Balaban J connectivity index is 4.03. The van der Waals surface area contributed by atoms with Crippen LogP contribution in [0.1, 0.15) is 367 Å². The fraction of sp³-hybridized carbons (Fsp3) is 0.896. The van der Waals surface area contributed by atoms with Gasteiger partial charge in [-0.25, -0.2) is 0 Å². The monoisotopic (exact) mass is 1030 g/mol. The summed E-state index contributed by atoms with van der Waals surface area (Å²) in [6.45, 7) is 6.66. The smallest absolute Gasteiger partial charge is 0.306 e. The molecule has 0 aromatic rings. The Morgan fingerprint density at radius 3 is 0.685 bits per heavy atom. The minimum Gasteiger partial charge on any atom is -0.462 e. The molecule has 1 atom stereocenters. The number of carbonyl (C=O) groups is 3. The summed E-state index contributed by atoms with van der Waals surface area (Å²) in [7, 11) is 0. The topological polar surface area (TPSA) is 78.9 Å². The Morgan fingerprint density at radius 1 is 0.260 bits per heavy atom. The molecule has 0 aliphatic carbocycles. The van der Waals surface area contributed by atoms with Crippen molar-refractivity contribution < 1.29 is 28.6 Å². The van der Waals surface area contributed by atoms with Crippen LogP contribution < -0.4 is 0 Å². The van der Waals surface area contributed by atoms with Gasteiger partial charge in [0.15, 0.2) is 6.10 Å². The summed E-state index contributed by atoms with van der Waals surface area (Å²) in [6, 6.07) is 0. The largest absolute Gasteiger partial charge is 0.462 e. The molecule has 0 spiro atoms. The first kappa shape index (κ1) is 70.9. The molecular weight excluding hydrogens is 901 g/mol. The molecule has 0 saturated heterocycles. The van der Waals surface area contributed by atoms with E-state index in [4.69, 9.17) is 14.2 Å². The van der Waals surface area contributed by atoms with E-state index in [1.165, 1.54) is 263 Å². The molecule has 6 heteroatoms. The summed E-state index contributed by atoms with van der Waals surface area (Å²) in [5, 5.41) is 0. The Bertz CT molecular complexity index is 1180. The molecule has 1 unspecified atom stereocenters. The zero-order valence-electron chi connectivity index (χ0n) is 49.4. The summed E-state index contributed by atoms with van der Waals surface area (Å²) in [6.07, 6.45) is 75.1. The lowest BCUT2D eigenvalue weighted by molar-refractivity contribution is -0.167. The molecular formula is C67H126O6. The van der Waals surface area contributed by atoms with E-state index in [0.717, 1.165) is 64.2 Å². The highest BCUT2D eigenvalue weighted by Crippen LogP contribution is 2.18. The van der Waals surface area contributed by atoms with Crippen LogP contribution in [0.5, 0.6) is 0 Å². The van der Waals surface area contributed by atoms with Crippen molar-refractivity contribution in [1.29, 1.82) is 0 Å². The Labute approximate surface area is 455 Å². The van der Waals surface area contributed by atoms with Crippen molar-refractivity contribution in [3.8, 4) is 0 Å². The molecule has 0 aromatic carbocycles. The molecule has 6 nitrogen and oxygen atoms in total. The van der Waals surface area contributed by atoms with Gasteiger partial charge in [-0.3, -0.25) is 14.4 Å². The van der Waals surface area contributed by atoms with E-state index in [-0.39, 0.29) is 31.1 Å². The third-order valence-corrected chi connectivity index (χ3v) is 14.9. The first-order valence-corrected chi connectivity index (χ1v) is 32.8. The van der Waals surface area contributed by atoms with E-state index in [2.05, 4.69) is 45.1 Å². The molecule has 0 heterocycles. The van der Waals surface area contributed by atoms with Gasteiger partial charge in [0.2, 0.25) is 0 Å². The zero-order valence-corrected chi connectivity index (χ0v) is 49.4. The fourth-order valence-corrected chi connectivity index (χ4v) is 9.97. The number of carbonyl (C=O) groups excluding carboxylic acids is 3. The van der Waals surface area contributed by atoms with Gasteiger partial charge in [-0.1, -0.05) is 302 Å². The highest BCUT2D eigenvalue weighted by Gasteiger charge is 2.19. The van der Waals surface area contributed by atoms with E-state index in [1.807, 2.05) is 0 Å². The molecule has 0 fully saturated rings. The Morgan fingerprint density at radius 2 is 0.452 bits per heavy atom. The van der Waals surface area contributed by atoms with Gasteiger partial charge in [0.1, 0.15) is 13.2 Å². The normalized spacial score (nSPS) is 12.1. The fourth-order valence-electron chi connectivity index (χ4n) is 9.97. The molecule has 0 N–H and O–H groups in total. The second-order valence-electron chi connectivity index (χ2n) is 22.4. The second-order valence-corrected chi connectivity index (χ2v) is 22.4. The standard InChI is InChI=1S/C67H126O6/c1-4-7-10-13-16-19-21-23-25-26-27-28-29-30-31-32-33-34-35-36-37-38-39-40-42-43-45-48-51-54-57-60-66(69)72-63-64(62-71-65(68)59-56-53-50-47-18-15-12-9-6-3)73-67(70)61-58-55-52-49-46-44-41-24-22-20-17-14-11-8-5-2/h24,26-27,41,64H,4-23,25,28-40,42-63H2,1-3H3/b27-26-,41-24-. The SMILES string of the molecule is CCCCCCCC/C=C\CCCCCCCC(=O)OC(COC(=O)CCCCCCCCCCC)COC(=O)CCCCCCCCCCCCCCCCCCCCC/C=C\CCCCCCCCCC. The average molecular weight is 1030 g/mol. The van der Waals surface area contributed by atoms with Gasteiger partial charge in [-0.2, -0.15) is 0 Å². The summed E-state index contributed by atoms with van der Waals surface area (Å²) >= 11 is 0. The average Bonchev–Trinajstić information content (AvgIpc) is 3.39. The maximum atomic E-state index is 12.8. The minimum atomic E-state index is -0.770. The van der Waals surface area contributed by atoms with Gasteiger partial charge in [-0.15, -0.1) is 0 Å². The van der Waals surface area contributed by atoms with E-state index in [1.54, 1.807) is 0 Å². The van der Waals surface area contributed by atoms with Crippen LogP contribution in [0.3, 0.4) is 0 Å². The van der Waals surface area contributed by atoms with E-state index in [0.29, 0.717) is 19.3 Å². The minimum absolute atomic E-state index is 0.0691. The van der Waals surface area contributed by atoms with Crippen LogP contribution in [-0.2, 0) is 28.6 Å². The third kappa shape index (κ3) is 60.6. The van der Waals surface area contributed by atoms with Crippen LogP contribution in [0.15, 0.2) is 24.3 Å². The van der Waals surface area contributed by atoms with Crippen LogP contribution in [0.4, 0.5) is 0 Å². The number of hydrogen-bond donors (Lipinski definition) is 0. The van der Waals surface area contributed by atoms with Gasteiger partial charge < -0.3 is 14.2 Å². The summed E-state index contributed by atoms with van der Waals surface area (Å²) in [5.74, 6) is -0.857. The summed E-state index contributed by atoms with van der Waals surface area (Å²) in [4.78, 5) is 38.1. The zero-order chi connectivity index (χ0) is 52.9. The van der Waals surface area contributed by atoms with E-state index < -0.39 is 6.10 Å². The molecule has 430 valence electrons. The van der Waals surface area contributed by atoms with Crippen molar-refractivity contribution >= 4 is 17.9 Å². The van der Waals surface area contributed by atoms with Gasteiger partial charge in [-0.05, 0) is 70.6 Å². The van der Waals surface area contributed by atoms with Crippen molar-refractivity contribution in [2.45, 2.75) is 374 Å². The molecule has 0 aliphatic heterocycles. The second kappa shape index (κ2) is 62.4. The van der Waals surface area contributed by atoms with Crippen LogP contribution in [0.2, 0.25) is 0 Å². The molecule has 0 amide bonds. The Kier molecular flexibility index (Phi) is 60.6. The maximum Gasteiger partial charge on any atom is 0.306 e. The lowest BCUT2D eigenvalue weighted by atomic mass is 10.0. The van der Waals surface area contributed by atoms with Crippen LogP contribution in [0, 0.1) is 0 Å². The van der Waals surface area contributed by atoms with Crippen LogP contribution in [-0.4, -0.2) is 37.2 Å². The van der Waals surface area contributed by atoms with Crippen molar-refractivity contribution in [2.24, 2.45) is 0 Å². The molecule has 0 aliphatic rings. The third-order valence-electron chi connectivity index (χ3n) is 14.9. The molecule has 0 rings (SSSR count). The summed E-state index contributed by atoms with van der Waals surface area (Å²) < 4.78 is 16.9. The molecule has 0 bridgehead atoms. The van der Waals surface area contributed by atoms with Crippen LogP contribution in [0.25, 0.3) is 0 Å². The van der Waals surface area contributed by atoms with Crippen molar-refractivity contribution in [3.63, 3.8) is 0 Å². The van der Waals surface area contributed by atoms with Crippen molar-refractivity contribution in [1.82, 2.24) is 0 Å². The number of hydrogen-bond acceptors (Lipinski definition) is 6. The molecule has 73 heavy (non-hydrogen) atoms. The Hall–Kier alpha value is -2.11. The lowest BCUT2D eigenvalue weighted by Crippen LogP contribution is -2.30. The number of esters is 3. The first-order valence-electron chi connectivity index (χ1n) is 32.8. The molecule has 0 saturated carbocycles. The number of unbranched alkanes of at least 4 members (excludes halogenated alkanes) is 46. The van der Waals surface area contributed by atoms with Gasteiger partial charge in [0.25, 0.3) is 0 Å². The van der Waals surface area contributed by atoms with E-state index >= 15 is 0 Å².